The van der Waals surface area contributed by atoms with Crippen LogP contribution in [0.1, 0.15) is 58.1 Å². The lowest BCUT2D eigenvalue weighted by atomic mass is 9.79. The maximum atomic E-state index is 13.1. The van der Waals surface area contributed by atoms with Crippen LogP contribution in [0, 0.1) is 5.92 Å². The SMILES string of the molecule is COc1ccc(N(/C=C2/CCCC[C@H]2[C@@H](O)c2ccccc2)C(=O)OC(C)(C)C)cc1. The molecule has 1 amide bonds. The third-order valence-electron chi connectivity index (χ3n) is 5.46. The van der Waals surface area contributed by atoms with Crippen LogP contribution in [-0.4, -0.2) is 23.9 Å². The number of carbonyl (C=O) groups is 1. The third-order valence-corrected chi connectivity index (χ3v) is 5.46. The fraction of sp³-hybridized carbons (Fsp3) is 0.423. The van der Waals surface area contributed by atoms with Crippen molar-refractivity contribution in [2.24, 2.45) is 5.92 Å². The first-order valence-electron chi connectivity index (χ1n) is 10.9. The Morgan fingerprint density at radius 3 is 2.39 bits per heavy atom. The normalized spacial score (nSPS) is 19.0. The van der Waals surface area contributed by atoms with E-state index in [4.69, 9.17) is 9.47 Å². The number of rotatable bonds is 5. The van der Waals surface area contributed by atoms with Crippen LogP contribution in [0.3, 0.4) is 0 Å². The minimum Gasteiger partial charge on any atom is -0.497 e. The zero-order valence-corrected chi connectivity index (χ0v) is 18.9. The Bertz CT molecular complexity index is 884. The van der Waals surface area contributed by atoms with Gasteiger partial charge in [-0.05, 0) is 75.4 Å². The standard InChI is InChI=1S/C26H33NO4/c1-26(2,3)31-25(29)27(21-14-16-22(30-4)17-15-21)18-20-12-8-9-13-23(20)24(28)19-10-6-5-7-11-19/h5-7,10-11,14-18,23-24,28H,8-9,12-13H2,1-4H3/b20-18-/t23-,24+/m1/s1. The number of methoxy groups -OCH3 is 1. The maximum Gasteiger partial charge on any atom is 0.418 e. The van der Waals surface area contributed by atoms with Gasteiger partial charge in [0.15, 0.2) is 0 Å². The molecule has 0 aromatic heterocycles. The molecule has 1 N–H and O–H groups in total. The van der Waals surface area contributed by atoms with Crippen LogP contribution in [0.2, 0.25) is 0 Å². The summed E-state index contributed by atoms with van der Waals surface area (Å²) in [4.78, 5) is 14.7. The molecule has 2 aromatic carbocycles. The fourth-order valence-electron chi connectivity index (χ4n) is 3.92. The zero-order chi connectivity index (χ0) is 22.4. The lowest BCUT2D eigenvalue weighted by Crippen LogP contribution is -2.34. The number of hydrogen-bond donors (Lipinski definition) is 1. The minimum atomic E-state index is -0.615. The largest absolute Gasteiger partial charge is 0.497 e. The quantitative estimate of drug-likeness (QED) is 0.618. The van der Waals surface area contributed by atoms with Crippen molar-refractivity contribution in [2.75, 3.05) is 12.0 Å². The second-order valence-corrected chi connectivity index (χ2v) is 8.96. The van der Waals surface area contributed by atoms with Gasteiger partial charge in [-0.3, -0.25) is 4.90 Å². The summed E-state index contributed by atoms with van der Waals surface area (Å²) in [5, 5.41) is 11.1. The molecule has 1 aliphatic carbocycles. The Kier molecular flexibility index (Phi) is 7.39. The van der Waals surface area contributed by atoms with E-state index in [9.17, 15) is 9.90 Å². The van der Waals surface area contributed by atoms with Crippen LogP contribution < -0.4 is 9.64 Å². The molecule has 5 heteroatoms. The number of nitrogens with zero attached hydrogens (tertiary/aromatic N) is 1. The molecule has 0 spiro atoms. The van der Waals surface area contributed by atoms with E-state index < -0.39 is 17.8 Å². The van der Waals surface area contributed by atoms with Crippen molar-refractivity contribution < 1.29 is 19.4 Å². The second kappa shape index (κ2) is 10.0. The van der Waals surface area contributed by atoms with E-state index in [-0.39, 0.29) is 5.92 Å². The lowest BCUT2D eigenvalue weighted by Gasteiger charge is -2.32. The monoisotopic (exact) mass is 423 g/mol. The molecule has 2 atom stereocenters. The van der Waals surface area contributed by atoms with Gasteiger partial charge >= 0.3 is 6.09 Å². The average molecular weight is 424 g/mol. The van der Waals surface area contributed by atoms with Gasteiger partial charge in [0.2, 0.25) is 0 Å². The van der Waals surface area contributed by atoms with Gasteiger partial charge in [-0.25, -0.2) is 4.79 Å². The zero-order valence-electron chi connectivity index (χ0n) is 18.9. The van der Waals surface area contributed by atoms with E-state index in [1.54, 1.807) is 12.0 Å². The number of aliphatic hydroxyl groups is 1. The van der Waals surface area contributed by atoms with E-state index in [1.165, 1.54) is 0 Å². The van der Waals surface area contributed by atoms with Gasteiger partial charge in [-0.2, -0.15) is 0 Å². The number of anilines is 1. The van der Waals surface area contributed by atoms with Gasteiger partial charge in [0.25, 0.3) is 0 Å². The van der Waals surface area contributed by atoms with Crippen molar-refractivity contribution in [2.45, 2.75) is 58.2 Å². The first-order chi connectivity index (χ1) is 14.8. The van der Waals surface area contributed by atoms with Crippen molar-refractivity contribution >= 4 is 11.8 Å². The van der Waals surface area contributed by atoms with E-state index in [2.05, 4.69) is 0 Å². The first-order valence-corrected chi connectivity index (χ1v) is 10.9. The van der Waals surface area contributed by atoms with E-state index >= 15 is 0 Å². The molecule has 0 saturated heterocycles. The Labute approximate surface area is 185 Å². The van der Waals surface area contributed by atoms with Crippen molar-refractivity contribution in [3.63, 3.8) is 0 Å². The molecule has 0 bridgehead atoms. The van der Waals surface area contributed by atoms with Crippen LogP contribution in [0.25, 0.3) is 0 Å². The molecule has 5 nitrogen and oxygen atoms in total. The van der Waals surface area contributed by atoms with E-state index in [0.29, 0.717) is 5.69 Å². The Balaban J connectivity index is 1.96. The lowest BCUT2D eigenvalue weighted by molar-refractivity contribution is 0.0594. The molecule has 1 fully saturated rings. The predicted molar refractivity (Wildman–Crippen MR) is 123 cm³/mol. The summed E-state index contributed by atoms with van der Waals surface area (Å²) < 4.78 is 10.9. The number of carbonyl (C=O) groups excluding carboxylic acids is 1. The molecule has 3 rings (SSSR count). The van der Waals surface area contributed by atoms with Gasteiger partial charge < -0.3 is 14.6 Å². The summed E-state index contributed by atoms with van der Waals surface area (Å²) in [5.41, 5.74) is 2.04. The van der Waals surface area contributed by atoms with Crippen LogP contribution in [0.15, 0.2) is 66.4 Å². The maximum absolute atomic E-state index is 13.1. The van der Waals surface area contributed by atoms with Gasteiger partial charge in [0, 0.05) is 12.1 Å². The molecule has 2 aromatic rings. The third kappa shape index (κ3) is 6.11. The Morgan fingerprint density at radius 1 is 1.10 bits per heavy atom. The second-order valence-electron chi connectivity index (χ2n) is 8.96. The highest BCUT2D eigenvalue weighted by Crippen LogP contribution is 2.39. The van der Waals surface area contributed by atoms with Crippen LogP contribution in [-0.2, 0) is 4.74 Å². The molecule has 31 heavy (non-hydrogen) atoms. The summed E-state index contributed by atoms with van der Waals surface area (Å²) in [6.45, 7) is 5.56. The van der Waals surface area contributed by atoms with Crippen LogP contribution >= 0.6 is 0 Å². The molecule has 0 heterocycles. The summed E-state index contributed by atoms with van der Waals surface area (Å²) in [6, 6.07) is 17.0. The highest BCUT2D eigenvalue weighted by molar-refractivity contribution is 5.90. The predicted octanol–water partition coefficient (Wildman–Crippen LogP) is 6.24. The molecule has 0 aliphatic heterocycles. The number of hydrogen-bond acceptors (Lipinski definition) is 4. The molecule has 0 unspecified atom stereocenters. The molecular formula is C26H33NO4. The number of ether oxygens (including phenoxy) is 2. The Hall–Kier alpha value is -2.79. The van der Waals surface area contributed by atoms with Crippen LogP contribution in [0.5, 0.6) is 5.75 Å². The van der Waals surface area contributed by atoms with Gasteiger partial charge in [-0.15, -0.1) is 0 Å². The summed E-state index contributed by atoms with van der Waals surface area (Å²) >= 11 is 0. The number of aliphatic hydroxyl groups excluding tert-OH is 1. The van der Waals surface area contributed by atoms with Crippen molar-refractivity contribution in [3.05, 3.63) is 71.9 Å². The summed E-state index contributed by atoms with van der Waals surface area (Å²) in [6.07, 6.45) is 4.63. The number of benzene rings is 2. The van der Waals surface area contributed by atoms with Crippen molar-refractivity contribution in [1.29, 1.82) is 0 Å². The topological polar surface area (TPSA) is 59.0 Å². The first kappa shape index (κ1) is 22.9. The van der Waals surface area contributed by atoms with Gasteiger partial charge in [-0.1, -0.05) is 36.8 Å². The average Bonchev–Trinajstić information content (AvgIpc) is 2.77. The van der Waals surface area contributed by atoms with Crippen molar-refractivity contribution in [3.8, 4) is 5.75 Å². The van der Waals surface area contributed by atoms with Gasteiger partial charge in [0.1, 0.15) is 11.4 Å². The van der Waals surface area contributed by atoms with Crippen LogP contribution in [0.4, 0.5) is 10.5 Å². The Morgan fingerprint density at radius 2 is 1.77 bits per heavy atom. The molecule has 1 saturated carbocycles. The summed E-state index contributed by atoms with van der Waals surface area (Å²) in [7, 11) is 1.61. The summed E-state index contributed by atoms with van der Waals surface area (Å²) in [5.74, 6) is 0.676. The van der Waals surface area contributed by atoms with Gasteiger partial charge in [0.05, 0.1) is 18.9 Å². The fourth-order valence-corrected chi connectivity index (χ4v) is 3.92. The van der Waals surface area contributed by atoms with Crippen molar-refractivity contribution in [1.82, 2.24) is 0 Å². The molecule has 0 radical (unpaired) electrons. The highest BCUT2D eigenvalue weighted by Gasteiger charge is 2.30. The highest BCUT2D eigenvalue weighted by atomic mass is 16.6. The number of amides is 1. The van der Waals surface area contributed by atoms with E-state index in [0.717, 1.165) is 42.6 Å². The minimum absolute atomic E-state index is 0.0423. The van der Waals surface area contributed by atoms with E-state index in [1.807, 2.05) is 81.6 Å². The molecular weight excluding hydrogens is 390 g/mol. The molecule has 166 valence electrons. The molecule has 1 aliphatic rings. The smallest absolute Gasteiger partial charge is 0.418 e.